The fourth-order valence-corrected chi connectivity index (χ4v) is 1.82. The van der Waals surface area contributed by atoms with Crippen molar-refractivity contribution in [3.63, 3.8) is 0 Å². The number of ether oxygens (including phenoxy) is 1. The van der Waals surface area contributed by atoms with Gasteiger partial charge in [-0.05, 0) is 48.5 Å². The third-order valence-corrected chi connectivity index (χ3v) is 2.89. The molecule has 3 nitrogen and oxygen atoms in total. The van der Waals surface area contributed by atoms with E-state index in [1.807, 2.05) is 0 Å². The summed E-state index contributed by atoms with van der Waals surface area (Å²) in [5.74, 6) is 0.455. The fraction of sp³-hybridized carbons (Fsp3) is 0.0625. The van der Waals surface area contributed by atoms with Crippen molar-refractivity contribution in [1.82, 2.24) is 5.16 Å². The highest BCUT2D eigenvalue weighted by atomic mass is 19.1. The molecule has 106 valence electrons. The van der Waals surface area contributed by atoms with Crippen molar-refractivity contribution in [1.29, 1.82) is 0 Å². The number of halogens is 2. The molecule has 1 heterocycles. The van der Waals surface area contributed by atoms with Crippen LogP contribution in [0.4, 0.5) is 8.78 Å². The summed E-state index contributed by atoms with van der Waals surface area (Å²) in [5, 5.41) is 3.88. The Hall–Kier alpha value is -2.69. The van der Waals surface area contributed by atoms with E-state index in [1.165, 1.54) is 36.4 Å². The van der Waals surface area contributed by atoms with Crippen LogP contribution in [0, 0.1) is 11.6 Å². The highest BCUT2D eigenvalue weighted by Gasteiger charge is 2.07. The van der Waals surface area contributed by atoms with Crippen LogP contribution < -0.4 is 4.74 Å². The Morgan fingerprint density at radius 1 is 0.905 bits per heavy atom. The molecule has 0 aliphatic heterocycles. The van der Waals surface area contributed by atoms with E-state index in [4.69, 9.17) is 9.26 Å². The molecule has 3 rings (SSSR count). The van der Waals surface area contributed by atoms with Crippen molar-refractivity contribution in [2.45, 2.75) is 6.61 Å². The monoisotopic (exact) mass is 287 g/mol. The van der Waals surface area contributed by atoms with Crippen LogP contribution in [0.2, 0.25) is 0 Å². The van der Waals surface area contributed by atoms with E-state index in [1.54, 1.807) is 18.2 Å². The molecule has 1 aromatic heterocycles. The van der Waals surface area contributed by atoms with Crippen molar-refractivity contribution in [3.05, 3.63) is 71.9 Å². The van der Waals surface area contributed by atoms with Crippen LogP contribution in [-0.4, -0.2) is 5.16 Å². The lowest BCUT2D eigenvalue weighted by Crippen LogP contribution is -1.95. The molecule has 0 radical (unpaired) electrons. The molecular formula is C16H11F2NO2. The Labute approximate surface area is 119 Å². The second-order valence-corrected chi connectivity index (χ2v) is 4.43. The Kier molecular flexibility index (Phi) is 3.64. The highest BCUT2D eigenvalue weighted by Crippen LogP contribution is 2.21. The summed E-state index contributed by atoms with van der Waals surface area (Å²) in [6.07, 6.45) is 0. The van der Waals surface area contributed by atoms with Gasteiger partial charge in [-0.1, -0.05) is 5.16 Å². The second-order valence-electron chi connectivity index (χ2n) is 4.43. The predicted molar refractivity (Wildman–Crippen MR) is 72.6 cm³/mol. The van der Waals surface area contributed by atoms with Gasteiger partial charge in [0.2, 0.25) is 0 Å². The topological polar surface area (TPSA) is 35.3 Å². The van der Waals surface area contributed by atoms with E-state index in [-0.39, 0.29) is 18.2 Å². The van der Waals surface area contributed by atoms with Crippen LogP contribution in [0.1, 0.15) is 5.69 Å². The minimum absolute atomic E-state index is 0.205. The third kappa shape index (κ3) is 3.25. The number of hydrogen-bond donors (Lipinski definition) is 0. The van der Waals surface area contributed by atoms with Gasteiger partial charge in [0.05, 0.1) is 0 Å². The summed E-state index contributed by atoms with van der Waals surface area (Å²) in [6, 6.07) is 13.4. The van der Waals surface area contributed by atoms with Crippen LogP contribution in [0.25, 0.3) is 11.3 Å². The number of rotatable bonds is 4. The number of aromatic nitrogens is 1. The van der Waals surface area contributed by atoms with E-state index in [9.17, 15) is 8.78 Å². The Morgan fingerprint density at radius 3 is 2.19 bits per heavy atom. The van der Waals surface area contributed by atoms with Gasteiger partial charge in [-0.3, -0.25) is 0 Å². The molecule has 0 spiro atoms. The van der Waals surface area contributed by atoms with E-state index in [0.29, 0.717) is 17.2 Å². The molecule has 0 unspecified atom stereocenters. The molecule has 2 aromatic carbocycles. The molecule has 0 saturated heterocycles. The molecule has 5 heteroatoms. The van der Waals surface area contributed by atoms with Gasteiger partial charge in [-0.2, -0.15) is 0 Å². The maximum atomic E-state index is 12.9. The first kappa shape index (κ1) is 13.3. The first-order valence-electron chi connectivity index (χ1n) is 6.30. The van der Waals surface area contributed by atoms with Gasteiger partial charge in [-0.15, -0.1) is 0 Å². The van der Waals surface area contributed by atoms with E-state index in [0.717, 1.165) is 5.56 Å². The summed E-state index contributed by atoms with van der Waals surface area (Å²) in [4.78, 5) is 0. The van der Waals surface area contributed by atoms with Crippen LogP contribution in [0.5, 0.6) is 5.75 Å². The van der Waals surface area contributed by atoms with Gasteiger partial charge in [-0.25, -0.2) is 8.78 Å². The Balaban J connectivity index is 1.67. The summed E-state index contributed by atoms with van der Waals surface area (Å²) in [5.41, 5.74) is 1.33. The summed E-state index contributed by atoms with van der Waals surface area (Å²) in [7, 11) is 0. The molecule has 0 saturated carbocycles. The zero-order valence-electron chi connectivity index (χ0n) is 10.9. The average molecular weight is 287 g/mol. The van der Waals surface area contributed by atoms with E-state index >= 15 is 0 Å². The van der Waals surface area contributed by atoms with E-state index in [2.05, 4.69) is 5.16 Å². The van der Waals surface area contributed by atoms with Gasteiger partial charge in [0, 0.05) is 11.6 Å². The molecule has 0 N–H and O–H groups in total. The SMILES string of the molecule is Fc1ccc(OCc2cc(-c3ccc(F)cc3)on2)cc1. The Bertz CT molecular complexity index is 721. The lowest BCUT2D eigenvalue weighted by atomic mass is 10.1. The zero-order valence-corrected chi connectivity index (χ0v) is 10.9. The molecule has 0 amide bonds. The minimum Gasteiger partial charge on any atom is -0.487 e. The Morgan fingerprint density at radius 2 is 1.52 bits per heavy atom. The normalized spacial score (nSPS) is 10.6. The van der Waals surface area contributed by atoms with Crippen LogP contribution in [0.15, 0.2) is 59.1 Å². The molecule has 0 aliphatic carbocycles. The number of nitrogens with zero attached hydrogens (tertiary/aromatic N) is 1. The smallest absolute Gasteiger partial charge is 0.167 e. The van der Waals surface area contributed by atoms with Gasteiger partial charge in [0.15, 0.2) is 5.76 Å². The zero-order chi connectivity index (χ0) is 14.7. The summed E-state index contributed by atoms with van der Waals surface area (Å²) < 4.78 is 36.3. The van der Waals surface area contributed by atoms with E-state index < -0.39 is 0 Å². The largest absolute Gasteiger partial charge is 0.487 e. The molecule has 0 fully saturated rings. The summed E-state index contributed by atoms with van der Waals surface area (Å²) >= 11 is 0. The molecule has 3 aromatic rings. The van der Waals surface area contributed by atoms with Crippen LogP contribution >= 0.6 is 0 Å². The van der Waals surface area contributed by atoms with Crippen LogP contribution in [-0.2, 0) is 6.61 Å². The molecule has 0 aliphatic rings. The standard InChI is InChI=1S/C16H11F2NO2/c17-12-3-1-11(2-4-12)16-9-14(19-21-16)10-20-15-7-5-13(18)6-8-15/h1-9H,10H2. The molecule has 0 atom stereocenters. The van der Waals surface area contributed by atoms with Crippen LogP contribution in [0.3, 0.4) is 0 Å². The second kappa shape index (κ2) is 5.75. The van der Waals surface area contributed by atoms with Crippen molar-refractivity contribution in [2.24, 2.45) is 0 Å². The first-order chi connectivity index (χ1) is 10.2. The van der Waals surface area contributed by atoms with Gasteiger partial charge in [0.1, 0.15) is 29.7 Å². The van der Waals surface area contributed by atoms with Crippen molar-refractivity contribution < 1.29 is 18.0 Å². The first-order valence-corrected chi connectivity index (χ1v) is 6.30. The average Bonchev–Trinajstić information content (AvgIpc) is 2.96. The minimum atomic E-state index is -0.317. The highest BCUT2D eigenvalue weighted by molar-refractivity contribution is 5.56. The molecule has 21 heavy (non-hydrogen) atoms. The van der Waals surface area contributed by atoms with Crippen molar-refractivity contribution in [3.8, 4) is 17.1 Å². The quantitative estimate of drug-likeness (QED) is 0.721. The van der Waals surface area contributed by atoms with Crippen molar-refractivity contribution >= 4 is 0 Å². The predicted octanol–water partition coefficient (Wildman–Crippen LogP) is 4.20. The number of hydrogen-bond acceptors (Lipinski definition) is 3. The number of benzene rings is 2. The maximum Gasteiger partial charge on any atom is 0.167 e. The van der Waals surface area contributed by atoms with Gasteiger partial charge in [0.25, 0.3) is 0 Å². The van der Waals surface area contributed by atoms with Crippen molar-refractivity contribution in [2.75, 3.05) is 0 Å². The molecule has 0 bridgehead atoms. The maximum absolute atomic E-state index is 12.9. The molecular weight excluding hydrogens is 276 g/mol. The van der Waals surface area contributed by atoms with Gasteiger partial charge < -0.3 is 9.26 Å². The lowest BCUT2D eigenvalue weighted by molar-refractivity contribution is 0.289. The fourth-order valence-electron chi connectivity index (χ4n) is 1.82. The van der Waals surface area contributed by atoms with Gasteiger partial charge >= 0.3 is 0 Å². The summed E-state index contributed by atoms with van der Waals surface area (Å²) in [6.45, 7) is 0.205. The third-order valence-electron chi connectivity index (χ3n) is 2.89. The lowest BCUT2D eigenvalue weighted by Gasteiger charge is -2.02.